The third kappa shape index (κ3) is 8.00. The molecule has 2 aliphatic heterocycles. The molecular weight excluding hydrogens is 524 g/mol. The molecule has 3 rings (SSSR count). The van der Waals surface area contributed by atoms with Crippen molar-refractivity contribution in [3.05, 3.63) is 29.6 Å². The minimum absolute atomic E-state index is 0. The number of aliphatic imine (C=N–C) groups is 1. The summed E-state index contributed by atoms with van der Waals surface area (Å²) in [6, 6.07) is 5.84. The van der Waals surface area contributed by atoms with Gasteiger partial charge >= 0.3 is 0 Å². The molecule has 0 spiro atoms. The molecule has 2 fully saturated rings. The molecule has 1 aromatic rings. The van der Waals surface area contributed by atoms with Crippen LogP contribution in [0, 0.1) is 11.7 Å². The molecule has 0 aliphatic carbocycles. The molecule has 0 aromatic heterocycles. The molecular formula is C23H39FIN5O2. The average Bonchev–Trinajstić information content (AvgIpc) is 2.78. The largest absolute Gasteiger partial charge is 0.379 e. The zero-order valence-corrected chi connectivity index (χ0v) is 21.9. The number of anilines is 1. The summed E-state index contributed by atoms with van der Waals surface area (Å²) >= 11 is 0. The van der Waals surface area contributed by atoms with Crippen LogP contribution in [-0.2, 0) is 16.0 Å². The van der Waals surface area contributed by atoms with Crippen molar-refractivity contribution in [2.75, 3.05) is 70.6 Å². The second kappa shape index (κ2) is 14.2. The summed E-state index contributed by atoms with van der Waals surface area (Å²) in [5.74, 6) is 1.09. The van der Waals surface area contributed by atoms with E-state index >= 15 is 0 Å². The molecule has 0 amide bonds. The van der Waals surface area contributed by atoms with Crippen LogP contribution in [0.15, 0.2) is 23.2 Å². The number of rotatable bonds is 8. The first-order valence-electron chi connectivity index (χ1n) is 11.5. The maximum atomic E-state index is 14.7. The molecule has 32 heavy (non-hydrogen) atoms. The number of ether oxygens (including phenoxy) is 2. The fourth-order valence-corrected chi connectivity index (χ4v) is 4.12. The van der Waals surface area contributed by atoms with Gasteiger partial charge in [-0.2, -0.15) is 0 Å². The highest BCUT2D eigenvalue weighted by Crippen LogP contribution is 2.22. The minimum atomic E-state index is -0.195. The average molecular weight is 564 g/mol. The topological polar surface area (TPSA) is 61.4 Å². The maximum absolute atomic E-state index is 14.7. The molecule has 2 aliphatic rings. The van der Waals surface area contributed by atoms with Crippen molar-refractivity contribution < 1.29 is 13.9 Å². The molecule has 2 saturated heterocycles. The number of guanidine groups is 1. The molecule has 9 heteroatoms. The monoisotopic (exact) mass is 563 g/mol. The second-order valence-electron chi connectivity index (χ2n) is 8.42. The zero-order chi connectivity index (χ0) is 22.1. The van der Waals surface area contributed by atoms with Gasteiger partial charge in [0.2, 0.25) is 0 Å². The van der Waals surface area contributed by atoms with E-state index in [1.165, 1.54) is 0 Å². The van der Waals surface area contributed by atoms with Gasteiger partial charge in [-0.25, -0.2) is 9.38 Å². The van der Waals surface area contributed by atoms with E-state index in [1.54, 1.807) is 6.07 Å². The Labute approximate surface area is 209 Å². The van der Waals surface area contributed by atoms with E-state index in [1.807, 2.05) is 17.0 Å². The van der Waals surface area contributed by atoms with Crippen LogP contribution in [0.1, 0.15) is 26.3 Å². The van der Waals surface area contributed by atoms with E-state index < -0.39 is 0 Å². The number of hydrogen-bond donors (Lipinski definition) is 2. The fraction of sp³-hybridized carbons (Fsp3) is 0.696. The Morgan fingerprint density at radius 1 is 1.06 bits per heavy atom. The summed E-state index contributed by atoms with van der Waals surface area (Å²) in [5, 5.41) is 6.80. The molecule has 182 valence electrons. The first-order valence-corrected chi connectivity index (χ1v) is 11.5. The van der Waals surface area contributed by atoms with E-state index in [4.69, 9.17) is 14.5 Å². The summed E-state index contributed by atoms with van der Waals surface area (Å²) in [6.07, 6.45) is 0. The van der Waals surface area contributed by atoms with Gasteiger partial charge in [-0.05, 0) is 30.5 Å². The Balaban J connectivity index is 0.00000363. The third-order valence-corrected chi connectivity index (χ3v) is 5.89. The van der Waals surface area contributed by atoms with Gasteiger partial charge in [0.1, 0.15) is 5.82 Å². The van der Waals surface area contributed by atoms with Crippen molar-refractivity contribution in [1.82, 2.24) is 15.5 Å². The van der Waals surface area contributed by atoms with Gasteiger partial charge in [0.25, 0.3) is 0 Å². The van der Waals surface area contributed by atoms with Crippen LogP contribution >= 0.6 is 24.0 Å². The van der Waals surface area contributed by atoms with E-state index in [0.29, 0.717) is 37.4 Å². The minimum Gasteiger partial charge on any atom is -0.379 e. The maximum Gasteiger partial charge on any atom is 0.191 e. The van der Waals surface area contributed by atoms with Crippen molar-refractivity contribution in [3.8, 4) is 0 Å². The predicted molar refractivity (Wildman–Crippen MR) is 139 cm³/mol. The van der Waals surface area contributed by atoms with E-state index in [2.05, 4.69) is 36.3 Å². The van der Waals surface area contributed by atoms with E-state index in [-0.39, 0.29) is 29.8 Å². The molecule has 0 saturated carbocycles. The van der Waals surface area contributed by atoms with Crippen LogP contribution in [0.4, 0.5) is 10.1 Å². The van der Waals surface area contributed by atoms with Crippen molar-refractivity contribution in [3.63, 3.8) is 0 Å². The lowest BCUT2D eigenvalue weighted by Crippen LogP contribution is -2.52. The fourth-order valence-electron chi connectivity index (χ4n) is 4.12. The van der Waals surface area contributed by atoms with Gasteiger partial charge in [0.15, 0.2) is 5.96 Å². The summed E-state index contributed by atoms with van der Waals surface area (Å²) in [5.41, 5.74) is 1.51. The van der Waals surface area contributed by atoms with E-state index in [0.717, 1.165) is 64.0 Å². The summed E-state index contributed by atoms with van der Waals surface area (Å²) in [7, 11) is 0. The van der Waals surface area contributed by atoms with Gasteiger partial charge in [-0.3, -0.25) is 4.90 Å². The smallest absolute Gasteiger partial charge is 0.191 e. The molecule has 0 bridgehead atoms. The van der Waals surface area contributed by atoms with Crippen molar-refractivity contribution in [2.45, 2.75) is 33.4 Å². The predicted octanol–water partition coefficient (Wildman–Crippen LogP) is 2.69. The summed E-state index contributed by atoms with van der Waals surface area (Å²) in [6.45, 7) is 14.8. The lowest BCUT2D eigenvalue weighted by Gasteiger charge is -2.37. The Morgan fingerprint density at radius 2 is 1.72 bits per heavy atom. The lowest BCUT2D eigenvalue weighted by molar-refractivity contribution is 0.00752. The Kier molecular flexibility index (Phi) is 12.0. The Morgan fingerprint density at radius 3 is 2.31 bits per heavy atom. The molecule has 1 unspecified atom stereocenters. The van der Waals surface area contributed by atoms with Crippen molar-refractivity contribution in [1.29, 1.82) is 0 Å². The standard InChI is InChI=1S/C23H38FN5O2.HI/c1-4-25-23(27-17-22(18(2)3)29-9-13-31-14-10-29)26-16-19-5-6-21(20(24)15-19)28-7-11-30-12-8-28;/h5-6,15,18,22H,4,7-14,16-17H2,1-3H3,(H2,25,26,27);1H. The van der Waals surface area contributed by atoms with Crippen LogP contribution < -0.4 is 15.5 Å². The zero-order valence-electron chi connectivity index (χ0n) is 19.6. The molecule has 1 aromatic carbocycles. The molecule has 1 atom stereocenters. The van der Waals surface area contributed by atoms with Gasteiger partial charge in [-0.1, -0.05) is 19.9 Å². The van der Waals surface area contributed by atoms with Crippen LogP contribution in [0.3, 0.4) is 0 Å². The van der Waals surface area contributed by atoms with Gasteiger partial charge in [-0.15, -0.1) is 24.0 Å². The summed E-state index contributed by atoms with van der Waals surface area (Å²) < 4.78 is 25.5. The first-order chi connectivity index (χ1) is 15.1. The van der Waals surface area contributed by atoms with E-state index in [9.17, 15) is 4.39 Å². The highest BCUT2D eigenvalue weighted by molar-refractivity contribution is 14.0. The SMILES string of the molecule is CCNC(=NCc1ccc(N2CCOCC2)c(F)c1)NCC(C(C)C)N1CCOCC1.I. The molecule has 0 radical (unpaired) electrons. The number of benzene rings is 1. The van der Waals surface area contributed by atoms with Crippen molar-refractivity contribution in [2.24, 2.45) is 10.9 Å². The highest BCUT2D eigenvalue weighted by Gasteiger charge is 2.24. The van der Waals surface area contributed by atoms with Crippen molar-refractivity contribution >= 4 is 35.6 Å². The lowest BCUT2D eigenvalue weighted by atomic mass is 10.0. The normalized spacial score (nSPS) is 18.9. The number of hydrogen-bond acceptors (Lipinski definition) is 5. The third-order valence-electron chi connectivity index (χ3n) is 5.89. The molecule has 2 heterocycles. The Bertz CT molecular complexity index is 710. The van der Waals surface area contributed by atoms with Crippen LogP contribution in [-0.4, -0.2) is 82.6 Å². The van der Waals surface area contributed by atoms with Crippen LogP contribution in [0.2, 0.25) is 0 Å². The Hall–Kier alpha value is -1.17. The van der Waals surface area contributed by atoms with Crippen LogP contribution in [0.5, 0.6) is 0 Å². The number of nitrogens with one attached hydrogen (secondary N) is 2. The quantitative estimate of drug-likeness (QED) is 0.288. The van der Waals surface area contributed by atoms with Gasteiger partial charge in [0, 0.05) is 45.3 Å². The number of halogens is 2. The molecule has 7 nitrogen and oxygen atoms in total. The molecule has 2 N–H and O–H groups in total. The number of nitrogens with zero attached hydrogens (tertiary/aromatic N) is 3. The highest BCUT2D eigenvalue weighted by atomic mass is 127. The van der Waals surface area contributed by atoms with Gasteiger partial charge < -0.3 is 25.0 Å². The first kappa shape index (κ1) is 27.1. The second-order valence-corrected chi connectivity index (χ2v) is 8.42. The van der Waals surface area contributed by atoms with Crippen LogP contribution in [0.25, 0.3) is 0 Å². The number of morpholine rings is 2. The summed E-state index contributed by atoms with van der Waals surface area (Å²) in [4.78, 5) is 9.22. The van der Waals surface area contributed by atoms with Gasteiger partial charge in [0.05, 0.1) is 38.7 Å².